The first-order valence-electron chi connectivity index (χ1n) is 8.27. The van der Waals surface area contributed by atoms with Crippen LogP contribution >= 0.6 is 0 Å². The van der Waals surface area contributed by atoms with E-state index in [1.54, 1.807) is 0 Å². The molecule has 2 bridgehead atoms. The molecule has 0 aromatic rings. The highest BCUT2D eigenvalue weighted by atomic mass is 16.4. The van der Waals surface area contributed by atoms with Crippen molar-refractivity contribution in [2.75, 3.05) is 26.7 Å². The number of fused-ring (bicyclic) bond motifs is 2. The van der Waals surface area contributed by atoms with Crippen molar-refractivity contribution in [3.05, 3.63) is 0 Å². The molecule has 3 unspecified atom stereocenters. The maximum atomic E-state index is 11.6. The standard InChI is InChI=1S/C16H31N3O2/c1-12(2)17-16(3,15(20)21)8-10-19-9-7-13-5-6-14(11-19)18(13)4/h12-14,17H,5-11H2,1-4H3,(H,20,21). The molecule has 2 fully saturated rings. The lowest BCUT2D eigenvalue weighted by Gasteiger charge is -2.32. The van der Waals surface area contributed by atoms with Gasteiger partial charge in [0.05, 0.1) is 0 Å². The van der Waals surface area contributed by atoms with Crippen molar-refractivity contribution in [2.24, 2.45) is 0 Å². The van der Waals surface area contributed by atoms with Crippen molar-refractivity contribution in [1.29, 1.82) is 0 Å². The Hall–Kier alpha value is -0.650. The zero-order valence-electron chi connectivity index (χ0n) is 13.9. The first-order valence-corrected chi connectivity index (χ1v) is 8.27. The highest BCUT2D eigenvalue weighted by Gasteiger charge is 2.37. The number of likely N-dealkylation sites (tertiary alicyclic amines) is 1. The lowest BCUT2D eigenvalue weighted by atomic mass is 9.96. The van der Waals surface area contributed by atoms with E-state index in [1.165, 1.54) is 19.3 Å². The molecule has 21 heavy (non-hydrogen) atoms. The first-order chi connectivity index (χ1) is 9.82. The summed E-state index contributed by atoms with van der Waals surface area (Å²) in [6.45, 7) is 8.86. The summed E-state index contributed by atoms with van der Waals surface area (Å²) in [4.78, 5) is 16.6. The van der Waals surface area contributed by atoms with Crippen LogP contribution in [0, 0.1) is 0 Å². The SMILES string of the molecule is CC(C)NC(C)(CCN1CCC2CCC(C1)N2C)C(=O)O. The van der Waals surface area contributed by atoms with Gasteiger partial charge in [0.25, 0.3) is 0 Å². The summed E-state index contributed by atoms with van der Waals surface area (Å²) in [6.07, 6.45) is 4.49. The predicted octanol–water partition coefficient (Wildman–Crippen LogP) is 1.39. The number of rotatable bonds is 6. The van der Waals surface area contributed by atoms with Crippen LogP contribution in [0.5, 0.6) is 0 Å². The Kier molecular flexibility index (Phi) is 5.28. The van der Waals surface area contributed by atoms with Gasteiger partial charge in [-0.25, -0.2) is 0 Å². The number of nitrogens with zero attached hydrogens (tertiary/aromatic N) is 2. The van der Waals surface area contributed by atoms with Crippen LogP contribution in [0.4, 0.5) is 0 Å². The molecular weight excluding hydrogens is 266 g/mol. The van der Waals surface area contributed by atoms with Gasteiger partial charge in [0.15, 0.2) is 0 Å². The number of carbonyl (C=O) groups is 1. The second-order valence-corrected chi connectivity index (χ2v) is 7.33. The molecule has 2 saturated heterocycles. The zero-order valence-corrected chi connectivity index (χ0v) is 13.9. The number of hydrogen-bond acceptors (Lipinski definition) is 4. The molecule has 0 spiro atoms. The molecule has 2 rings (SSSR count). The van der Waals surface area contributed by atoms with Gasteiger partial charge in [-0.1, -0.05) is 0 Å². The van der Waals surface area contributed by atoms with Crippen molar-refractivity contribution in [2.45, 2.75) is 70.1 Å². The van der Waals surface area contributed by atoms with Crippen molar-refractivity contribution in [1.82, 2.24) is 15.1 Å². The van der Waals surface area contributed by atoms with E-state index < -0.39 is 11.5 Å². The van der Waals surface area contributed by atoms with Gasteiger partial charge < -0.3 is 10.0 Å². The molecule has 2 N–H and O–H groups in total. The van der Waals surface area contributed by atoms with E-state index in [-0.39, 0.29) is 6.04 Å². The predicted molar refractivity (Wildman–Crippen MR) is 84.6 cm³/mol. The van der Waals surface area contributed by atoms with Crippen LogP contribution in [0.1, 0.15) is 46.5 Å². The fourth-order valence-corrected chi connectivity index (χ4v) is 3.84. The number of likely N-dealkylation sites (N-methyl/N-ethyl adjacent to an activating group) is 1. The van der Waals surface area contributed by atoms with Crippen LogP contribution in [-0.4, -0.2) is 71.2 Å². The molecular formula is C16H31N3O2. The molecule has 0 saturated carbocycles. The summed E-state index contributed by atoms with van der Waals surface area (Å²) in [5.74, 6) is -0.746. The summed E-state index contributed by atoms with van der Waals surface area (Å²) in [5.41, 5.74) is -0.828. The average molecular weight is 297 g/mol. The highest BCUT2D eigenvalue weighted by molar-refractivity contribution is 5.78. The number of aliphatic carboxylic acids is 1. The summed E-state index contributed by atoms with van der Waals surface area (Å²) in [6, 6.07) is 1.57. The van der Waals surface area contributed by atoms with Crippen molar-refractivity contribution < 1.29 is 9.90 Å². The van der Waals surface area contributed by atoms with Crippen LogP contribution in [0.25, 0.3) is 0 Å². The van der Waals surface area contributed by atoms with Crippen LogP contribution in [-0.2, 0) is 4.79 Å². The molecule has 0 aromatic heterocycles. The maximum Gasteiger partial charge on any atom is 0.323 e. The van der Waals surface area contributed by atoms with Gasteiger partial charge in [-0.2, -0.15) is 0 Å². The monoisotopic (exact) mass is 297 g/mol. The van der Waals surface area contributed by atoms with E-state index in [2.05, 4.69) is 22.2 Å². The molecule has 0 aromatic carbocycles. The molecule has 5 nitrogen and oxygen atoms in total. The van der Waals surface area contributed by atoms with E-state index in [4.69, 9.17) is 0 Å². The van der Waals surface area contributed by atoms with Gasteiger partial charge in [-0.05, 0) is 60.0 Å². The Balaban J connectivity index is 1.90. The summed E-state index contributed by atoms with van der Waals surface area (Å²) in [5, 5.41) is 12.7. The van der Waals surface area contributed by atoms with Crippen molar-refractivity contribution >= 4 is 5.97 Å². The molecule has 2 aliphatic rings. The second kappa shape index (κ2) is 6.63. The van der Waals surface area contributed by atoms with E-state index in [0.717, 1.165) is 25.7 Å². The summed E-state index contributed by atoms with van der Waals surface area (Å²) >= 11 is 0. The molecule has 122 valence electrons. The summed E-state index contributed by atoms with van der Waals surface area (Å²) < 4.78 is 0. The van der Waals surface area contributed by atoms with E-state index in [1.807, 2.05) is 20.8 Å². The van der Waals surface area contributed by atoms with Gasteiger partial charge in [0.1, 0.15) is 5.54 Å². The van der Waals surface area contributed by atoms with Crippen LogP contribution in [0.15, 0.2) is 0 Å². The molecule has 0 radical (unpaired) electrons. The second-order valence-electron chi connectivity index (χ2n) is 7.33. The van der Waals surface area contributed by atoms with Gasteiger partial charge in [0, 0.05) is 31.2 Å². The fraction of sp³-hybridized carbons (Fsp3) is 0.938. The lowest BCUT2D eigenvalue weighted by Crippen LogP contribution is -2.54. The van der Waals surface area contributed by atoms with Crippen molar-refractivity contribution in [3.63, 3.8) is 0 Å². The van der Waals surface area contributed by atoms with Crippen molar-refractivity contribution in [3.8, 4) is 0 Å². The minimum absolute atomic E-state index is 0.178. The van der Waals surface area contributed by atoms with Crippen LogP contribution < -0.4 is 5.32 Å². The number of carboxylic acids is 1. The van der Waals surface area contributed by atoms with E-state index in [0.29, 0.717) is 12.5 Å². The smallest absolute Gasteiger partial charge is 0.323 e. The van der Waals surface area contributed by atoms with Gasteiger partial charge >= 0.3 is 5.97 Å². The fourth-order valence-electron chi connectivity index (χ4n) is 3.84. The highest BCUT2D eigenvalue weighted by Crippen LogP contribution is 2.28. The molecule has 0 amide bonds. The minimum Gasteiger partial charge on any atom is -0.480 e. The molecule has 2 heterocycles. The summed E-state index contributed by atoms with van der Waals surface area (Å²) in [7, 11) is 2.24. The number of hydrogen-bond donors (Lipinski definition) is 2. The largest absolute Gasteiger partial charge is 0.480 e. The average Bonchev–Trinajstić information content (AvgIpc) is 2.61. The number of carboxylic acid groups (broad SMARTS) is 1. The maximum absolute atomic E-state index is 11.6. The Labute approximate surface area is 128 Å². The first kappa shape index (κ1) is 16.7. The van der Waals surface area contributed by atoms with Crippen LogP contribution in [0.3, 0.4) is 0 Å². The third-order valence-electron chi connectivity index (χ3n) is 5.24. The van der Waals surface area contributed by atoms with Gasteiger partial charge in [0.2, 0.25) is 0 Å². The normalized spacial score (nSPS) is 30.3. The molecule has 2 aliphatic heterocycles. The van der Waals surface area contributed by atoms with Crippen LogP contribution in [0.2, 0.25) is 0 Å². The molecule has 5 heteroatoms. The Morgan fingerprint density at radius 2 is 2.00 bits per heavy atom. The molecule has 3 atom stereocenters. The van der Waals surface area contributed by atoms with Gasteiger partial charge in [-0.3, -0.25) is 15.0 Å². The topological polar surface area (TPSA) is 55.8 Å². The minimum atomic E-state index is -0.828. The quantitative estimate of drug-likeness (QED) is 0.776. The Morgan fingerprint density at radius 3 is 2.62 bits per heavy atom. The Morgan fingerprint density at radius 1 is 1.33 bits per heavy atom. The third-order valence-corrected chi connectivity index (χ3v) is 5.24. The van der Waals surface area contributed by atoms with Gasteiger partial charge in [-0.15, -0.1) is 0 Å². The lowest BCUT2D eigenvalue weighted by molar-refractivity contribution is -0.145. The molecule has 0 aliphatic carbocycles. The van der Waals surface area contributed by atoms with E-state index >= 15 is 0 Å². The zero-order chi connectivity index (χ0) is 15.6. The number of nitrogens with one attached hydrogen (secondary N) is 1. The Bertz CT molecular complexity index is 375. The van der Waals surface area contributed by atoms with E-state index in [9.17, 15) is 9.90 Å². The third kappa shape index (κ3) is 3.96.